The van der Waals surface area contributed by atoms with E-state index in [4.69, 9.17) is 16.3 Å². The van der Waals surface area contributed by atoms with Gasteiger partial charge in [0.1, 0.15) is 0 Å². The summed E-state index contributed by atoms with van der Waals surface area (Å²) >= 11 is 6.46. The minimum atomic E-state index is -0.210. The Bertz CT molecular complexity index is 855. The van der Waals surface area contributed by atoms with E-state index in [1.165, 1.54) is 12.7 Å². The molecule has 0 amide bonds. The molecule has 3 rings (SSSR count). The summed E-state index contributed by atoms with van der Waals surface area (Å²) in [6.07, 6.45) is 2.45. The van der Waals surface area contributed by atoms with E-state index in [0.29, 0.717) is 11.4 Å². The molecule has 0 saturated heterocycles. The first-order valence-electron chi connectivity index (χ1n) is 7.98. The molecule has 1 heterocycles. The smallest absolute Gasteiger partial charge is 0.306 e. The van der Waals surface area contributed by atoms with Gasteiger partial charge in [0, 0.05) is 18.1 Å². The fourth-order valence-electron chi connectivity index (χ4n) is 3.07. The summed E-state index contributed by atoms with van der Waals surface area (Å²) < 4.78 is 7.00. The second kappa shape index (κ2) is 7.10. The van der Waals surface area contributed by atoms with Gasteiger partial charge in [0.25, 0.3) is 0 Å². The van der Waals surface area contributed by atoms with Gasteiger partial charge in [-0.1, -0.05) is 54.9 Å². The van der Waals surface area contributed by atoms with E-state index in [1.54, 1.807) is 0 Å². The number of fused-ring (bicyclic) bond motifs is 1. The van der Waals surface area contributed by atoms with Gasteiger partial charge in [-0.05, 0) is 29.2 Å². The number of methoxy groups -OCH3 is 1. The van der Waals surface area contributed by atoms with Crippen molar-refractivity contribution in [2.24, 2.45) is 0 Å². The van der Waals surface area contributed by atoms with Crippen LogP contribution in [0.1, 0.15) is 30.4 Å². The summed E-state index contributed by atoms with van der Waals surface area (Å²) in [5, 5.41) is 1.73. The first kappa shape index (κ1) is 16.6. The summed E-state index contributed by atoms with van der Waals surface area (Å²) in [7, 11) is 1.42. The molecule has 0 aliphatic rings. The van der Waals surface area contributed by atoms with Crippen molar-refractivity contribution < 1.29 is 9.53 Å². The molecule has 0 spiro atoms. The molecule has 0 unspecified atom stereocenters. The number of rotatable bonds is 5. The van der Waals surface area contributed by atoms with Gasteiger partial charge in [0.05, 0.1) is 24.1 Å². The van der Waals surface area contributed by atoms with Crippen LogP contribution in [-0.4, -0.2) is 17.6 Å². The first-order valence-corrected chi connectivity index (χ1v) is 8.36. The number of hydrogen-bond donors (Lipinski definition) is 0. The van der Waals surface area contributed by atoms with Crippen molar-refractivity contribution in [2.75, 3.05) is 7.11 Å². The van der Waals surface area contributed by atoms with Crippen LogP contribution >= 0.6 is 11.6 Å². The minimum Gasteiger partial charge on any atom is -0.469 e. The van der Waals surface area contributed by atoms with E-state index in [0.717, 1.165) is 23.0 Å². The zero-order chi connectivity index (χ0) is 17.1. The fourth-order valence-corrected chi connectivity index (χ4v) is 3.35. The molecule has 124 valence electrons. The average molecular weight is 342 g/mol. The van der Waals surface area contributed by atoms with E-state index in [2.05, 4.69) is 29.0 Å². The number of benzene rings is 2. The number of carbonyl (C=O) groups is 1. The summed E-state index contributed by atoms with van der Waals surface area (Å²) in [6.45, 7) is 2.80. The lowest BCUT2D eigenvalue weighted by molar-refractivity contribution is -0.140. The fraction of sp³-hybridized carbons (Fsp3) is 0.250. The Morgan fingerprint density at radius 3 is 2.62 bits per heavy atom. The third-order valence-corrected chi connectivity index (χ3v) is 4.63. The molecule has 0 aliphatic carbocycles. The largest absolute Gasteiger partial charge is 0.469 e. The summed E-state index contributed by atoms with van der Waals surface area (Å²) in [4.78, 5) is 11.7. The highest BCUT2D eigenvalue weighted by Gasteiger charge is 2.19. The van der Waals surface area contributed by atoms with Crippen molar-refractivity contribution in [3.05, 3.63) is 70.9 Å². The van der Waals surface area contributed by atoms with Crippen LogP contribution < -0.4 is 0 Å². The van der Waals surface area contributed by atoms with Crippen LogP contribution in [0.5, 0.6) is 0 Å². The number of halogens is 1. The summed E-state index contributed by atoms with van der Waals surface area (Å²) in [5.74, 6) is -0.171. The Hall–Kier alpha value is -2.26. The van der Waals surface area contributed by atoms with Crippen LogP contribution in [0.2, 0.25) is 5.02 Å². The normalized spacial score (nSPS) is 12.3. The molecule has 3 aromatic rings. The molecule has 0 N–H and O–H groups in total. The molecule has 1 atom stereocenters. The maximum Gasteiger partial charge on any atom is 0.306 e. The van der Waals surface area contributed by atoms with Crippen LogP contribution in [-0.2, 0) is 16.1 Å². The van der Waals surface area contributed by atoms with Crippen molar-refractivity contribution in [3.8, 4) is 0 Å². The molecule has 0 fully saturated rings. The first-order chi connectivity index (χ1) is 11.6. The lowest BCUT2D eigenvalue weighted by Gasteiger charge is -2.09. The number of ether oxygens (including phenoxy) is 1. The van der Waals surface area contributed by atoms with Crippen LogP contribution in [0.4, 0.5) is 0 Å². The average Bonchev–Trinajstić information content (AvgIpc) is 2.96. The maximum atomic E-state index is 11.7. The zero-order valence-corrected chi connectivity index (χ0v) is 14.6. The van der Waals surface area contributed by atoms with E-state index in [-0.39, 0.29) is 11.9 Å². The number of hydrogen-bond acceptors (Lipinski definition) is 2. The van der Waals surface area contributed by atoms with Crippen molar-refractivity contribution in [1.82, 2.24) is 4.57 Å². The Kier molecular flexibility index (Phi) is 4.91. The van der Waals surface area contributed by atoms with E-state index >= 15 is 0 Å². The maximum absolute atomic E-state index is 11.7. The molecule has 4 heteroatoms. The van der Waals surface area contributed by atoms with Crippen molar-refractivity contribution in [2.45, 2.75) is 25.8 Å². The highest BCUT2D eigenvalue weighted by Crippen LogP contribution is 2.35. The lowest BCUT2D eigenvalue weighted by Crippen LogP contribution is -2.06. The third-order valence-electron chi connectivity index (χ3n) is 4.31. The van der Waals surface area contributed by atoms with Gasteiger partial charge in [-0.3, -0.25) is 4.79 Å². The molecule has 0 saturated carbocycles. The Labute approximate surface area is 146 Å². The SMILES string of the molecule is COC(=O)C[C@H](C)c1cn(Cc2ccccc2)c2cccc(Cl)c12. The quantitative estimate of drug-likeness (QED) is 0.611. The van der Waals surface area contributed by atoms with Crippen LogP contribution in [0.3, 0.4) is 0 Å². The topological polar surface area (TPSA) is 31.2 Å². The predicted molar refractivity (Wildman–Crippen MR) is 97.5 cm³/mol. The Morgan fingerprint density at radius 2 is 1.92 bits per heavy atom. The van der Waals surface area contributed by atoms with Gasteiger partial charge in [-0.25, -0.2) is 0 Å². The summed E-state index contributed by atoms with van der Waals surface area (Å²) in [6, 6.07) is 16.2. The predicted octanol–water partition coefficient (Wildman–Crippen LogP) is 5.01. The van der Waals surface area contributed by atoms with Gasteiger partial charge in [-0.15, -0.1) is 0 Å². The van der Waals surface area contributed by atoms with Gasteiger partial charge < -0.3 is 9.30 Å². The monoisotopic (exact) mass is 341 g/mol. The van der Waals surface area contributed by atoms with Crippen LogP contribution in [0.25, 0.3) is 10.9 Å². The molecule has 2 aromatic carbocycles. The van der Waals surface area contributed by atoms with Gasteiger partial charge >= 0.3 is 5.97 Å². The van der Waals surface area contributed by atoms with Crippen molar-refractivity contribution in [1.29, 1.82) is 0 Å². The number of esters is 1. The molecule has 0 bridgehead atoms. The molecule has 3 nitrogen and oxygen atoms in total. The Balaban J connectivity index is 2.05. The molecular formula is C20H20ClNO2. The molecule has 1 aromatic heterocycles. The number of aromatic nitrogens is 1. The second-order valence-corrected chi connectivity index (χ2v) is 6.42. The lowest BCUT2D eigenvalue weighted by atomic mass is 9.97. The van der Waals surface area contributed by atoms with E-state index in [9.17, 15) is 4.79 Å². The van der Waals surface area contributed by atoms with Crippen LogP contribution in [0.15, 0.2) is 54.7 Å². The highest BCUT2D eigenvalue weighted by atomic mass is 35.5. The standard InChI is InChI=1S/C20H20ClNO2/c1-14(11-19(23)24-2)16-13-22(12-15-7-4-3-5-8-15)18-10-6-9-17(21)20(16)18/h3-10,13-14H,11-12H2,1-2H3/t14-/m0/s1. The van der Waals surface area contributed by atoms with Crippen molar-refractivity contribution in [3.63, 3.8) is 0 Å². The second-order valence-electron chi connectivity index (χ2n) is 6.01. The van der Waals surface area contributed by atoms with Gasteiger partial charge in [0.2, 0.25) is 0 Å². The van der Waals surface area contributed by atoms with Gasteiger partial charge in [-0.2, -0.15) is 0 Å². The summed E-state index contributed by atoms with van der Waals surface area (Å²) in [5.41, 5.74) is 3.39. The molecule has 24 heavy (non-hydrogen) atoms. The third kappa shape index (κ3) is 3.31. The zero-order valence-electron chi connectivity index (χ0n) is 13.8. The van der Waals surface area contributed by atoms with Gasteiger partial charge in [0.15, 0.2) is 0 Å². The van der Waals surface area contributed by atoms with E-state index in [1.807, 2.05) is 37.3 Å². The highest BCUT2D eigenvalue weighted by molar-refractivity contribution is 6.35. The minimum absolute atomic E-state index is 0.0388. The Morgan fingerprint density at radius 1 is 1.17 bits per heavy atom. The molecular weight excluding hydrogens is 322 g/mol. The number of carbonyl (C=O) groups excluding carboxylic acids is 1. The number of nitrogens with zero attached hydrogens (tertiary/aromatic N) is 1. The molecule has 0 radical (unpaired) electrons. The van der Waals surface area contributed by atoms with Crippen LogP contribution in [0, 0.1) is 0 Å². The molecule has 0 aliphatic heterocycles. The van der Waals surface area contributed by atoms with E-state index < -0.39 is 0 Å². The van der Waals surface area contributed by atoms with Crippen molar-refractivity contribution >= 4 is 28.5 Å².